The standard InChI is InChI=1S/C25H23F3N4O4/c26-25(27,28)18-7-14(13-29)8-19(11-18)31-23(33)16-2-1-15-3-4-20(10-17(15)9-16)36-21-5-6-30-22(12-21)32-24(34)35/h3-8,10-12,16H,1-2,9,13,29H2,(H,30,32)(H,31,33)(H,34,35). The Morgan fingerprint density at radius 2 is 1.83 bits per heavy atom. The normalized spacial score (nSPS) is 15.1. The zero-order valence-electron chi connectivity index (χ0n) is 18.9. The fourth-order valence-corrected chi connectivity index (χ4v) is 4.10. The van der Waals surface area contributed by atoms with Gasteiger partial charge in [0.2, 0.25) is 5.91 Å². The number of hydrogen-bond acceptors (Lipinski definition) is 5. The van der Waals surface area contributed by atoms with Crippen LogP contribution in [0.3, 0.4) is 0 Å². The maximum Gasteiger partial charge on any atom is 0.416 e. The van der Waals surface area contributed by atoms with Gasteiger partial charge in [0.05, 0.1) is 5.56 Å². The van der Waals surface area contributed by atoms with Crippen LogP contribution in [-0.2, 0) is 30.4 Å². The van der Waals surface area contributed by atoms with Crippen LogP contribution in [0.2, 0.25) is 0 Å². The molecule has 2 amide bonds. The number of halogens is 3. The second-order valence-electron chi connectivity index (χ2n) is 8.39. The second-order valence-corrected chi connectivity index (χ2v) is 8.39. The molecule has 188 valence electrons. The summed E-state index contributed by atoms with van der Waals surface area (Å²) in [5, 5.41) is 13.6. The van der Waals surface area contributed by atoms with Gasteiger partial charge in [-0.05, 0) is 72.4 Å². The van der Waals surface area contributed by atoms with Crippen molar-refractivity contribution in [2.24, 2.45) is 11.7 Å². The summed E-state index contributed by atoms with van der Waals surface area (Å²) in [7, 11) is 0. The van der Waals surface area contributed by atoms with E-state index in [1.165, 1.54) is 18.3 Å². The van der Waals surface area contributed by atoms with E-state index >= 15 is 0 Å². The highest BCUT2D eigenvalue weighted by Gasteiger charge is 2.32. The van der Waals surface area contributed by atoms with E-state index in [1.54, 1.807) is 18.2 Å². The Bertz CT molecular complexity index is 1300. The SMILES string of the molecule is NCc1cc(NC(=O)C2CCc3ccc(Oc4ccnc(NC(=O)O)c4)cc3C2)cc(C(F)(F)F)c1. The number of hydrogen-bond donors (Lipinski definition) is 4. The monoisotopic (exact) mass is 500 g/mol. The molecule has 1 aliphatic carbocycles. The largest absolute Gasteiger partial charge is 0.465 e. The zero-order chi connectivity index (χ0) is 25.9. The number of amides is 2. The molecule has 0 aliphatic heterocycles. The average Bonchev–Trinajstić information content (AvgIpc) is 2.82. The molecule has 8 nitrogen and oxygen atoms in total. The Morgan fingerprint density at radius 1 is 1.06 bits per heavy atom. The number of pyridine rings is 1. The number of ether oxygens (including phenoxy) is 1. The topological polar surface area (TPSA) is 127 Å². The summed E-state index contributed by atoms with van der Waals surface area (Å²) in [5.41, 5.74) is 6.94. The first-order valence-electron chi connectivity index (χ1n) is 11.1. The number of carboxylic acid groups (broad SMARTS) is 1. The van der Waals surface area contributed by atoms with Crippen molar-refractivity contribution in [3.05, 3.63) is 77.0 Å². The van der Waals surface area contributed by atoms with E-state index < -0.39 is 23.8 Å². The van der Waals surface area contributed by atoms with Crippen LogP contribution in [-0.4, -0.2) is 22.1 Å². The number of carbonyl (C=O) groups is 2. The summed E-state index contributed by atoms with van der Waals surface area (Å²) < 4.78 is 45.5. The zero-order valence-corrected chi connectivity index (χ0v) is 18.9. The third-order valence-electron chi connectivity index (χ3n) is 5.80. The average molecular weight is 500 g/mol. The quantitative estimate of drug-likeness (QED) is 0.369. The molecular formula is C25H23F3N4O4. The lowest BCUT2D eigenvalue weighted by Crippen LogP contribution is -2.28. The number of anilines is 2. The molecular weight excluding hydrogens is 477 g/mol. The van der Waals surface area contributed by atoms with E-state index in [2.05, 4.69) is 15.6 Å². The van der Waals surface area contributed by atoms with E-state index in [4.69, 9.17) is 15.6 Å². The fourth-order valence-electron chi connectivity index (χ4n) is 4.10. The summed E-state index contributed by atoms with van der Waals surface area (Å²) >= 11 is 0. The molecule has 11 heteroatoms. The molecule has 0 radical (unpaired) electrons. The van der Waals surface area contributed by atoms with Gasteiger partial charge in [-0.15, -0.1) is 0 Å². The van der Waals surface area contributed by atoms with Crippen molar-refractivity contribution in [3.63, 3.8) is 0 Å². The molecule has 0 spiro atoms. The molecule has 1 unspecified atom stereocenters. The number of nitrogens with two attached hydrogens (primary N) is 1. The number of aryl methyl sites for hydroxylation is 1. The highest BCUT2D eigenvalue weighted by Crippen LogP contribution is 2.34. The number of alkyl halides is 3. The Morgan fingerprint density at radius 3 is 2.56 bits per heavy atom. The Kier molecular flexibility index (Phi) is 7.11. The van der Waals surface area contributed by atoms with Crippen molar-refractivity contribution in [1.29, 1.82) is 0 Å². The number of benzene rings is 2. The van der Waals surface area contributed by atoms with Gasteiger partial charge in [0.25, 0.3) is 0 Å². The van der Waals surface area contributed by atoms with Gasteiger partial charge in [-0.2, -0.15) is 13.2 Å². The van der Waals surface area contributed by atoms with E-state index in [9.17, 15) is 22.8 Å². The maximum atomic E-state index is 13.2. The summed E-state index contributed by atoms with van der Waals surface area (Å²) in [6, 6.07) is 11.8. The van der Waals surface area contributed by atoms with Crippen LogP contribution in [0.1, 0.15) is 28.7 Å². The van der Waals surface area contributed by atoms with Crippen LogP contribution in [0.5, 0.6) is 11.5 Å². The first-order valence-corrected chi connectivity index (χ1v) is 11.1. The third-order valence-corrected chi connectivity index (χ3v) is 5.80. The predicted molar refractivity (Wildman–Crippen MR) is 126 cm³/mol. The molecule has 1 atom stereocenters. The first kappa shape index (κ1) is 25.0. The molecule has 2 aromatic carbocycles. The molecule has 1 aliphatic rings. The van der Waals surface area contributed by atoms with Gasteiger partial charge in [-0.3, -0.25) is 10.1 Å². The number of nitrogens with zero attached hydrogens (tertiary/aromatic N) is 1. The van der Waals surface area contributed by atoms with Crippen molar-refractivity contribution >= 4 is 23.5 Å². The van der Waals surface area contributed by atoms with Crippen LogP contribution >= 0.6 is 0 Å². The lowest BCUT2D eigenvalue weighted by atomic mass is 9.83. The summed E-state index contributed by atoms with van der Waals surface area (Å²) in [4.78, 5) is 27.6. The van der Waals surface area contributed by atoms with Gasteiger partial charge in [-0.1, -0.05) is 6.07 Å². The number of aromatic nitrogens is 1. The molecule has 0 saturated heterocycles. The number of carbonyl (C=O) groups excluding carboxylic acids is 1. The highest BCUT2D eigenvalue weighted by atomic mass is 19.4. The molecule has 0 fully saturated rings. The van der Waals surface area contributed by atoms with Crippen LogP contribution in [0.4, 0.5) is 29.5 Å². The third kappa shape index (κ3) is 6.11. The lowest BCUT2D eigenvalue weighted by Gasteiger charge is -2.25. The van der Waals surface area contributed by atoms with E-state index in [-0.39, 0.29) is 29.5 Å². The van der Waals surface area contributed by atoms with Crippen molar-refractivity contribution in [1.82, 2.24) is 4.98 Å². The summed E-state index contributed by atoms with van der Waals surface area (Å²) in [5.74, 6) is 0.178. The van der Waals surface area contributed by atoms with Crippen LogP contribution < -0.4 is 21.1 Å². The molecule has 5 N–H and O–H groups in total. The molecule has 1 heterocycles. The Labute approximate surface area is 204 Å². The van der Waals surface area contributed by atoms with Gasteiger partial charge < -0.3 is 20.9 Å². The minimum Gasteiger partial charge on any atom is -0.465 e. The number of nitrogens with one attached hydrogen (secondary N) is 2. The van der Waals surface area contributed by atoms with E-state index in [0.29, 0.717) is 30.8 Å². The molecule has 4 rings (SSSR count). The predicted octanol–water partition coefficient (Wildman–Crippen LogP) is 5.18. The molecule has 0 saturated carbocycles. The summed E-state index contributed by atoms with van der Waals surface area (Å²) in [6.07, 6.45) is -2.82. The smallest absolute Gasteiger partial charge is 0.416 e. The van der Waals surface area contributed by atoms with Crippen molar-refractivity contribution in [2.45, 2.75) is 32.0 Å². The minimum absolute atomic E-state index is 0.0571. The molecule has 3 aromatic rings. The lowest BCUT2D eigenvalue weighted by molar-refractivity contribution is -0.137. The van der Waals surface area contributed by atoms with E-state index in [1.807, 2.05) is 6.07 Å². The van der Waals surface area contributed by atoms with Crippen LogP contribution in [0.25, 0.3) is 0 Å². The van der Waals surface area contributed by atoms with Crippen molar-refractivity contribution < 1.29 is 32.6 Å². The Balaban J connectivity index is 1.47. The number of rotatable bonds is 6. The van der Waals surface area contributed by atoms with Gasteiger partial charge in [-0.25, -0.2) is 9.78 Å². The van der Waals surface area contributed by atoms with Crippen LogP contribution in [0, 0.1) is 5.92 Å². The summed E-state index contributed by atoms with van der Waals surface area (Å²) in [6.45, 7) is -0.0856. The van der Waals surface area contributed by atoms with Crippen molar-refractivity contribution in [2.75, 3.05) is 10.6 Å². The molecule has 36 heavy (non-hydrogen) atoms. The van der Waals surface area contributed by atoms with Gasteiger partial charge in [0.1, 0.15) is 17.3 Å². The fraction of sp³-hybridized carbons (Fsp3) is 0.240. The van der Waals surface area contributed by atoms with Gasteiger partial charge >= 0.3 is 12.3 Å². The first-order chi connectivity index (χ1) is 17.1. The van der Waals surface area contributed by atoms with Gasteiger partial charge in [0.15, 0.2) is 0 Å². The maximum absolute atomic E-state index is 13.2. The highest BCUT2D eigenvalue weighted by molar-refractivity contribution is 5.93. The second kappa shape index (κ2) is 10.2. The molecule has 0 bridgehead atoms. The number of fused-ring (bicyclic) bond motifs is 1. The van der Waals surface area contributed by atoms with E-state index in [0.717, 1.165) is 23.3 Å². The van der Waals surface area contributed by atoms with Gasteiger partial charge in [0, 0.05) is 30.4 Å². The molecule has 1 aromatic heterocycles. The minimum atomic E-state index is -4.55. The Hall–Kier alpha value is -4.12. The van der Waals surface area contributed by atoms with Crippen molar-refractivity contribution in [3.8, 4) is 11.5 Å². The van der Waals surface area contributed by atoms with Crippen LogP contribution in [0.15, 0.2) is 54.7 Å².